The Labute approximate surface area is 110 Å². The molecule has 1 aromatic rings. The molecule has 1 N–H and O–H groups in total. The van der Waals surface area contributed by atoms with Crippen molar-refractivity contribution in [2.75, 3.05) is 11.5 Å². The summed E-state index contributed by atoms with van der Waals surface area (Å²) in [4.78, 5) is 0. The number of rotatable bonds is 6. The molecule has 0 aliphatic rings. The van der Waals surface area contributed by atoms with Gasteiger partial charge >= 0.3 is 0 Å². The lowest BCUT2D eigenvalue weighted by molar-refractivity contribution is 0.160. The number of aromatic nitrogens is 2. The zero-order chi connectivity index (χ0) is 12.1. The van der Waals surface area contributed by atoms with Gasteiger partial charge in [-0.3, -0.25) is 4.68 Å². The maximum atomic E-state index is 10.1. The van der Waals surface area contributed by atoms with E-state index >= 15 is 0 Å². The summed E-state index contributed by atoms with van der Waals surface area (Å²) < 4.78 is 2.78. The van der Waals surface area contributed by atoms with Crippen LogP contribution in [0.25, 0.3) is 0 Å². The fourth-order valence-electron chi connectivity index (χ4n) is 1.55. The Morgan fingerprint density at radius 2 is 2.25 bits per heavy atom. The smallest absolute Gasteiger partial charge is 0.0976 e. The zero-order valence-electron chi connectivity index (χ0n) is 9.98. The van der Waals surface area contributed by atoms with Crippen LogP contribution >= 0.6 is 27.7 Å². The van der Waals surface area contributed by atoms with Crippen LogP contribution in [0.15, 0.2) is 10.7 Å². The summed E-state index contributed by atoms with van der Waals surface area (Å²) in [6.45, 7) is 6.26. The molecular weight excluding hydrogens is 288 g/mol. The molecule has 0 aliphatic carbocycles. The molecule has 0 bridgehead atoms. The molecule has 1 heterocycles. The van der Waals surface area contributed by atoms with Crippen molar-refractivity contribution in [2.24, 2.45) is 0 Å². The molecule has 0 radical (unpaired) electrons. The molecule has 16 heavy (non-hydrogen) atoms. The van der Waals surface area contributed by atoms with E-state index in [0.29, 0.717) is 0 Å². The normalized spacial score (nSPS) is 13.4. The predicted molar refractivity (Wildman–Crippen MR) is 72.9 cm³/mol. The summed E-state index contributed by atoms with van der Waals surface area (Å²) in [6, 6.07) is 0.273. The Morgan fingerprint density at radius 1 is 1.56 bits per heavy atom. The Bertz CT molecular complexity index is 328. The van der Waals surface area contributed by atoms with E-state index in [1.807, 2.05) is 16.4 Å². The second-order valence-electron chi connectivity index (χ2n) is 3.92. The lowest BCUT2D eigenvalue weighted by Gasteiger charge is -2.16. The fourth-order valence-corrected chi connectivity index (χ4v) is 2.77. The van der Waals surface area contributed by atoms with Crippen LogP contribution in [0.2, 0.25) is 0 Å². The van der Waals surface area contributed by atoms with E-state index < -0.39 is 6.10 Å². The summed E-state index contributed by atoms with van der Waals surface area (Å²) in [5.41, 5.74) is 0.895. The van der Waals surface area contributed by atoms with E-state index in [4.69, 9.17) is 0 Å². The number of hydrogen-bond acceptors (Lipinski definition) is 3. The monoisotopic (exact) mass is 306 g/mol. The molecule has 0 aliphatic heterocycles. The van der Waals surface area contributed by atoms with Crippen LogP contribution in [0.3, 0.4) is 0 Å². The number of hydrogen-bond donors (Lipinski definition) is 1. The van der Waals surface area contributed by atoms with Gasteiger partial charge in [0.15, 0.2) is 0 Å². The Morgan fingerprint density at radius 3 is 2.81 bits per heavy atom. The van der Waals surface area contributed by atoms with Crippen LogP contribution in [-0.2, 0) is 0 Å². The third-order valence-electron chi connectivity index (χ3n) is 2.33. The molecule has 0 saturated carbocycles. The molecule has 1 atom stereocenters. The third-order valence-corrected chi connectivity index (χ3v) is 3.88. The lowest BCUT2D eigenvalue weighted by Crippen LogP contribution is -2.12. The maximum absolute atomic E-state index is 10.1. The first-order valence-electron chi connectivity index (χ1n) is 5.56. The number of halogens is 1. The van der Waals surface area contributed by atoms with Crippen LogP contribution in [-0.4, -0.2) is 26.4 Å². The van der Waals surface area contributed by atoms with Crippen molar-refractivity contribution in [3.05, 3.63) is 16.4 Å². The van der Waals surface area contributed by atoms with Gasteiger partial charge in [0, 0.05) is 6.04 Å². The van der Waals surface area contributed by atoms with Gasteiger partial charge in [0.05, 0.1) is 22.5 Å². The van der Waals surface area contributed by atoms with Gasteiger partial charge in [-0.25, -0.2) is 0 Å². The van der Waals surface area contributed by atoms with Crippen LogP contribution in [0.4, 0.5) is 0 Å². The molecular formula is C11H19BrN2OS. The standard InChI is InChI=1S/C11H19BrN2OS/c1-4-16-6-5-10(15)11-9(12)7-13-14(11)8(2)3/h7-8,10,15H,4-6H2,1-3H3. The molecule has 0 spiro atoms. The van der Waals surface area contributed by atoms with E-state index in [2.05, 4.69) is 41.8 Å². The van der Waals surface area contributed by atoms with Gasteiger partial charge in [0.2, 0.25) is 0 Å². The summed E-state index contributed by atoms with van der Waals surface area (Å²) in [7, 11) is 0. The molecule has 92 valence electrons. The van der Waals surface area contributed by atoms with E-state index in [0.717, 1.165) is 28.1 Å². The highest BCUT2D eigenvalue weighted by Gasteiger charge is 2.18. The topological polar surface area (TPSA) is 38.1 Å². The first-order valence-corrected chi connectivity index (χ1v) is 7.51. The maximum Gasteiger partial charge on any atom is 0.0976 e. The average molecular weight is 307 g/mol. The van der Waals surface area contributed by atoms with Crippen LogP contribution in [0.5, 0.6) is 0 Å². The van der Waals surface area contributed by atoms with Crippen molar-refractivity contribution in [1.29, 1.82) is 0 Å². The zero-order valence-corrected chi connectivity index (χ0v) is 12.4. The fraction of sp³-hybridized carbons (Fsp3) is 0.727. The highest BCUT2D eigenvalue weighted by atomic mass is 79.9. The number of nitrogens with zero attached hydrogens (tertiary/aromatic N) is 2. The van der Waals surface area contributed by atoms with Gasteiger partial charge in [-0.05, 0) is 47.7 Å². The van der Waals surface area contributed by atoms with Gasteiger partial charge in [-0.1, -0.05) is 6.92 Å². The van der Waals surface area contributed by atoms with E-state index in [1.165, 1.54) is 0 Å². The van der Waals surface area contributed by atoms with Crippen LogP contribution in [0.1, 0.15) is 45.0 Å². The van der Waals surface area contributed by atoms with Gasteiger partial charge in [-0.2, -0.15) is 16.9 Å². The summed E-state index contributed by atoms with van der Waals surface area (Å²) in [6.07, 6.45) is 2.10. The van der Waals surface area contributed by atoms with E-state index in [1.54, 1.807) is 6.20 Å². The van der Waals surface area contributed by atoms with Gasteiger partial charge in [-0.15, -0.1) is 0 Å². The predicted octanol–water partition coefficient (Wildman–Crippen LogP) is 3.40. The van der Waals surface area contributed by atoms with Crippen molar-refractivity contribution in [2.45, 2.75) is 39.3 Å². The van der Waals surface area contributed by atoms with E-state index in [9.17, 15) is 5.11 Å². The van der Waals surface area contributed by atoms with Gasteiger partial charge in [0.1, 0.15) is 0 Å². The molecule has 3 nitrogen and oxygen atoms in total. The summed E-state index contributed by atoms with van der Waals surface area (Å²) >= 11 is 5.29. The number of aliphatic hydroxyl groups is 1. The molecule has 0 amide bonds. The lowest BCUT2D eigenvalue weighted by atomic mass is 10.2. The third kappa shape index (κ3) is 3.50. The van der Waals surface area contributed by atoms with Crippen molar-refractivity contribution < 1.29 is 5.11 Å². The minimum atomic E-state index is -0.432. The second-order valence-corrected chi connectivity index (χ2v) is 6.17. The molecule has 1 rings (SSSR count). The van der Waals surface area contributed by atoms with Crippen molar-refractivity contribution in [3.63, 3.8) is 0 Å². The molecule has 1 aromatic heterocycles. The number of aliphatic hydroxyl groups excluding tert-OH is 1. The average Bonchev–Trinajstić information content (AvgIpc) is 2.60. The molecule has 5 heteroatoms. The SMILES string of the molecule is CCSCCC(O)c1c(Br)cnn1C(C)C. The summed E-state index contributed by atoms with van der Waals surface area (Å²) in [5.74, 6) is 2.07. The minimum Gasteiger partial charge on any atom is -0.387 e. The molecule has 1 unspecified atom stereocenters. The first-order chi connectivity index (χ1) is 7.57. The summed E-state index contributed by atoms with van der Waals surface area (Å²) in [5, 5.41) is 14.4. The molecule has 0 aromatic carbocycles. The molecule has 0 fully saturated rings. The van der Waals surface area contributed by atoms with Crippen molar-refractivity contribution in [3.8, 4) is 0 Å². The highest BCUT2D eigenvalue weighted by molar-refractivity contribution is 9.10. The Balaban J connectivity index is 2.73. The van der Waals surface area contributed by atoms with E-state index in [-0.39, 0.29) is 6.04 Å². The second kappa shape index (κ2) is 6.67. The molecule has 0 saturated heterocycles. The first kappa shape index (κ1) is 14.1. The van der Waals surface area contributed by atoms with Gasteiger partial charge < -0.3 is 5.11 Å². The Hall–Kier alpha value is 0. The largest absolute Gasteiger partial charge is 0.387 e. The quantitative estimate of drug-likeness (QED) is 0.819. The van der Waals surface area contributed by atoms with Crippen molar-refractivity contribution >= 4 is 27.7 Å². The van der Waals surface area contributed by atoms with Gasteiger partial charge in [0.25, 0.3) is 0 Å². The van der Waals surface area contributed by atoms with Crippen LogP contribution in [0, 0.1) is 0 Å². The minimum absolute atomic E-state index is 0.273. The van der Waals surface area contributed by atoms with Crippen LogP contribution < -0.4 is 0 Å². The highest BCUT2D eigenvalue weighted by Crippen LogP contribution is 2.28. The Kier molecular flexibility index (Phi) is 5.86. The number of thioether (sulfide) groups is 1. The van der Waals surface area contributed by atoms with Crippen molar-refractivity contribution in [1.82, 2.24) is 9.78 Å².